The molecular formula is C13H18BCl2NO3. The van der Waals surface area contributed by atoms with E-state index in [-0.39, 0.29) is 10.8 Å². The highest BCUT2D eigenvalue weighted by molar-refractivity contribution is 6.48. The van der Waals surface area contributed by atoms with E-state index in [0.29, 0.717) is 10.6 Å². The minimum absolute atomic E-state index is 0.0651. The molecule has 20 heavy (non-hydrogen) atoms. The predicted octanol–water partition coefficient (Wildman–Crippen LogP) is 3.33. The van der Waals surface area contributed by atoms with Crippen LogP contribution in [0.1, 0.15) is 39.2 Å². The zero-order valence-electron chi connectivity index (χ0n) is 11.9. The first-order valence-corrected chi connectivity index (χ1v) is 7.10. The largest absolute Gasteiger partial charge is 0.508 e. The molecule has 1 aliphatic rings. The first kappa shape index (κ1) is 15.9. The van der Waals surface area contributed by atoms with Crippen LogP contribution >= 0.6 is 23.2 Å². The van der Waals surface area contributed by atoms with Crippen LogP contribution < -0.4 is 5.73 Å². The number of nitrogens with two attached hydrogens (primary N) is 1. The Hall–Kier alpha value is -0.455. The normalized spacial score (nSPS) is 22.1. The fourth-order valence-corrected chi connectivity index (χ4v) is 2.68. The van der Waals surface area contributed by atoms with Crippen LogP contribution in [-0.2, 0) is 9.31 Å². The number of aromatic hydroxyl groups is 1. The topological polar surface area (TPSA) is 64.7 Å². The Morgan fingerprint density at radius 3 is 2.10 bits per heavy atom. The fraction of sp³-hybridized carbons (Fsp3) is 0.538. The Morgan fingerprint density at radius 1 is 1.15 bits per heavy atom. The molecule has 2 rings (SSSR count). The van der Waals surface area contributed by atoms with Crippen LogP contribution in [-0.4, -0.2) is 23.4 Å². The molecule has 4 nitrogen and oxygen atoms in total. The van der Waals surface area contributed by atoms with Crippen molar-refractivity contribution in [1.29, 1.82) is 0 Å². The van der Waals surface area contributed by atoms with Gasteiger partial charge in [-0.2, -0.15) is 0 Å². The Bertz CT molecular complexity index is 497. The monoisotopic (exact) mass is 317 g/mol. The van der Waals surface area contributed by atoms with E-state index in [1.807, 2.05) is 27.7 Å². The van der Waals surface area contributed by atoms with Crippen LogP contribution in [0.2, 0.25) is 10.0 Å². The Morgan fingerprint density at radius 2 is 1.65 bits per heavy atom. The number of hydrogen-bond acceptors (Lipinski definition) is 4. The number of benzene rings is 1. The summed E-state index contributed by atoms with van der Waals surface area (Å²) in [6.45, 7) is 7.73. The van der Waals surface area contributed by atoms with Crippen molar-refractivity contribution in [3.8, 4) is 5.75 Å². The lowest BCUT2D eigenvalue weighted by molar-refractivity contribution is 0.00578. The zero-order valence-corrected chi connectivity index (χ0v) is 13.4. The molecule has 0 radical (unpaired) electrons. The van der Waals surface area contributed by atoms with Crippen molar-refractivity contribution >= 4 is 30.3 Å². The van der Waals surface area contributed by atoms with Gasteiger partial charge < -0.3 is 20.1 Å². The quantitative estimate of drug-likeness (QED) is 0.821. The van der Waals surface area contributed by atoms with Crippen LogP contribution in [0, 0.1) is 0 Å². The molecule has 1 saturated heterocycles. The van der Waals surface area contributed by atoms with E-state index >= 15 is 0 Å². The molecule has 1 heterocycles. The van der Waals surface area contributed by atoms with Gasteiger partial charge in [0.25, 0.3) is 0 Å². The van der Waals surface area contributed by atoms with E-state index < -0.39 is 24.3 Å². The molecular weight excluding hydrogens is 300 g/mol. The van der Waals surface area contributed by atoms with Crippen molar-refractivity contribution in [2.75, 3.05) is 0 Å². The summed E-state index contributed by atoms with van der Waals surface area (Å²) in [5.74, 6) is -0.773. The maximum absolute atomic E-state index is 10.0. The number of hydrogen-bond donors (Lipinski definition) is 2. The maximum Gasteiger partial charge on any atom is 0.480 e. The molecule has 0 saturated carbocycles. The van der Waals surface area contributed by atoms with Gasteiger partial charge in [0.05, 0.1) is 17.1 Å². The SMILES string of the molecule is CC1(C)OB([C@@H](N)c2c(O)cc(Cl)cc2Cl)OC1(C)C. The van der Waals surface area contributed by atoms with Gasteiger partial charge in [0.2, 0.25) is 0 Å². The Kier molecular flexibility index (Phi) is 4.04. The lowest BCUT2D eigenvalue weighted by Gasteiger charge is -2.32. The number of halogens is 2. The van der Waals surface area contributed by atoms with E-state index in [2.05, 4.69) is 0 Å². The summed E-state index contributed by atoms with van der Waals surface area (Å²) in [6, 6.07) is 2.93. The highest BCUT2D eigenvalue weighted by Crippen LogP contribution is 2.42. The smallest absolute Gasteiger partial charge is 0.480 e. The van der Waals surface area contributed by atoms with E-state index in [1.54, 1.807) is 0 Å². The van der Waals surface area contributed by atoms with Gasteiger partial charge in [-0.1, -0.05) is 23.2 Å². The molecule has 110 valence electrons. The van der Waals surface area contributed by atoms with E-state index in [1.165, 1.54) is 12.1 Å². The molecule has 7 heteroatoms. The molecule has 3 N–H and O–H groups in total. The van der Waals surface area contributed by atoms with Crippen LogP contribution in [0.4, 0.5) is 0 Å². The average Bonchev–Trinajstić information content (AvgIpc) is 2.46. The third-order valence-corrected chi connectivity index (χ3v) is 4.50. The van der Waals surface area contributed by atoms with Crippen LogP contribution in [0.15, 0.2) is 12.1 Å². The third kappa shape index (κ3) is 2.65. The maximum atomic E-state index is 10.0. The van der Waals surface area contributed by atoms with Crippen LogP contribution in [0.3, 0.4) is 0 Å². The third-order valence-electron chi connectivity index (χ3n) is 3.97. The minimum Gasteiger partial charge on any atom is -0.508 e. The van der Waals surface area contributed by atoms with E-state index in [4.69, 9.17) is 38.2 Å². The molecule has 1 atom stereocenters. The average molecular weight is 318 g/mol. The van der Waals surface area contributed by atoms with Gasteiger partial charge in [-0.05, 0) is 39.8 Å². The standard InChI is InChI=1S/C13H18BCl2NO3/c1-12(2)13(3,4)20-14(19-12)11(17)10-8(16)5-7(15)6-9(10)18/h5-6,11,18H,17H2,1-4H3/t11-/m0/s1. The van der Waals surface area contributed by atoms with Crippen molar-refractivity contribution in [3.63, 3.8) is 0 Å². The van der Waals surface area contributed by atoms with E-state index in [0.717, 1.165) is 0 Å². The Labute approximate surface area is 129 Å². The first-order valence-electron chi connectivity index (χ1n) is 6.34. The summed E-state index contributed by atoms with van der Waals surface area (Å²) in [4.78, 5) is 0. The molecule has 1 aliphatic heterocycles. The van der Waals surface area contributed by atoms with Gasteiger partial charge in [-0.25, -0.2) is 0 Å². The first-order chi connectivity index (χ1) is 9.05. The molecule has 0 aliphatic carbocycles. The number of rotatable bonds is 2. The van der Waals surface area contributed by atoms with Gasteiger partial charge in [-0.15, -0.1) is 0 Å². The van der Waals surface area contributed by atoms with Gasteiger partial charge in [0, 0.05) is 15.6 Å². The minimum atomic E-state index is -0.708. The zero-order chi connectivity index (χ0) is 15.3. The molecule has 0 aromatic heterocycles. The van der Waals surface area contributed by atoms with Crippen molar-refractivity contribution in [3.05, 3.63) is 27.7 Å². The molecule has 0 amide bonds. The van der Waals surface area contributed by atoms with Gasteiger partial charge in [0.1, 0.15) is 5.75 Å². The summed E-state index contributed by atoms with van der Waals surface area (Å²) in [7, 11) is -0.690. The van der Waals surface area contributed by atoms with Gasteiger partial charge in [-0.3, -0.25) is 0 Å². The molecule has 1 aromatic carbocycles. The molecule has 1 fully saturated rings. The van der Waals surface area contributed by atoms with Gasteiger partial charge in [0.15, 0.2) is 0 Å². The second kappa shape index (κ2) is 5.07. The summed E-state index contributed by atoms with van der Waals surface area (Å²) in [5.41, 5.74) is 5.53. The fourth-order valence-electron chi connectivity index (χ4n) is 2.07. The predicted molar refractivity (Wildman–Crippen MR) is 81.1 cm³/mol. The van der Waals surface area contributed by atoms with Crippen LogP contribution in [0.5, 0.6) is 5.75 Å². The highest BCUT2D eigenvalue weighted by atomic mass is 35.5. The lowest BCUT2D eigenvalue weighted by Crippen LogP contribution is -2.41. The Balaban J connectivity index is 2.33. The summed E-state index contributed by atoms with van der Waals surface area (Å²) >= 11 is 11.9. The molecule has 0 bridgehead atoms. The van der Waals surface area contributed by atoms with Crippen LogP contribution in [0.25, 0.3) is 0 Å². The lowest BCUT2D eigenvalue weighted by atomic mass is 9.74. The summed E-state index contributed by atoms with van der Waals surface area (Å²) in [5, 5.41) is 10.6. The van der Waals surface area contributed by atoms with Crippen molar-refractivity contribution in [2.45, 2.75) is 44.8 Å². The highest BCUT2D eigenvalue weighted by Gasteiger charge is 2.53. The summed E-state index contributed by atoms with van der Waals surface area (Å²) in [6.07, 6.45) is 0. The van der Waals surface area contributed by atoms with Gasteiger partial charge >= 0.3 is 7.12 Å². The number of phenols is 1. The van der Waals surface area contributed by atoms with Crippen molar-refractivity contribution in [1.82, 2.24) is 0 Å². The second-order valence-corrected chi connectivity index (χ2v) is 6.81. The number of phenolic OH excluding ortho intramolecular Hbond substituents is 1. The van der Waals surface area contributed by atoms with Crippen molar-refractivity contribution in [2.24, 2.45) is 5.73 Å². The second-order valence-electron chi connectivity index (χ2n) is 5.97. The van der Waals surface area contributed by atoms with Crippen molar-refractivity contribution < 1.29 is 14.4 Å². The molecule has 0 spiro atoms. The molecule has 1 aromatic rings. The summed E-state index contributed by atoms with van der Waals surface area (Å²) < 4.78 is 11.7. The van der Waals surface area contributed by atoms with E-state index in [9.17, 15) is 5.11 Å². The molecule has 0 unspecified atom stereocenters.